The third-order valence-corrected chi connectivity index (χ3v) is 6.33. The highest BCUT2D eigenvalue weighted by Crippen LogP contribution is 2.43. The number of thioether (sulfide) groups is 2. The third kappa shape index (κ3) is 2.97. The molecule has 1 aromatic heterocycles. The Morgan fingerprint density at radius 1 is 1.37 bits per heavy atom. The maximum atomic E-state index is 11.3. The number of anilines is 1. The van der Waals surface area contributed by atoms with E-state index in [1.165, 1.54) is 0 Å². The van der Waals surface area contributed by atoms with Gasteiger partial charge >= 0.3 is 0 Å². The Hall–Kier alpha value is -0.950. The van der Waals surface area contributed by atoms with E-state index in [-0.39, 0.29) is 16.6 Å². The Morgan fingerprint density at radius 2 is 2.05 bits per heavy atom. The van der Waals surface area contributed by atoms with Crippen molar-refractivity contribution in [3.05, 3.63) is 17.1 Å². The Labute approximate surface area is 121 Å². The van der Waals surface area contributed by atoms with Gasteiger partial charge in [0.15, 0.2) is 0 Å². The van der Waals surface area contributed by atoms with Crippen LogP contribution in [-0.4, -0.2) is 32.6 Å². The van der Waals surface area contributed by atoms with Crippen molar-refractivity contribution in [1.29, 1.82) is 0 Å². The molecular formula is C12H18N4OS2. The van der Waals surface area contributed by atoms with Gasteiger partial charge in [0, 0.05) is 16.8 Å². The number of aryl methyl sites for hydroxylation is 1. The first-order valence-electron chi connectivity index (χ1n) is 6.21. The van der Waals surface area contributed by atoms with Gasteiger partial charge < -0.3 is 11.5 Å². The van der Waals surface area contributed by atoms with Gasteiger partial charge in [-0.05, 0) is 13.3 Å². The second kappa shape index (κ2) is 6.00. The quantitative estimate of drug-likeness (QED) is 0.883. The zero-order valence-electron chi connectivity index (χ0n) is 11.0. The van der Waals surface area contributed by atoms with Crippen LogP contribution >= 0.6 is 23.5 Å². The fraction of sp³-hybridized carbons (Fsp3) is 0.583. The Bertz CT molecular complexity index is 472. The number of aromatic nitrogens is 2. The van der Waals surface area contributed by atoms with Gasteiger partial charge in [-0.3, -0.25) is 4.79 Å². The molecule has 2 heterocycles. The molecule has 2 rings (SSSR count). The lowest BCUT2D eigenvalue weighted by molar-refractivity contribution is 0.1000. The minimum absolute atomic E-state index is 0.195. The summed E-state index contributed by atoms with van der Waals surface area (Å²) < 4.78 is 0. The lowest BCUT2D eigenvalue weighted by Gasteiger charge is -2.29. The van der Waals surface area contributed by atoms with Gasteiger partial charge in [-0.1, -0.05) is 6.92 Å². The van der Waals surface area contributed by atoms with E-state index in [9.17, 15) is 4.79 Å². The molecule has 104 valence electrons. The van der Waals surface area contributed by atoms with Crippen molar-refractivity contribution in [2.24, 2.45) is 5.73 Å². The van der Waals surface area contributed by atoms with Gasteiger partial charge in [0.25, 0.3) is 5.91 Å². The fourth-order valence-electron chi connectivity index (χ4n) is 2.19. The number of nitrogens with zero attached hydrogens (tertiary/aromatic N) is 2. The van der Waals surface area contributed by atoms with Crippen molar-refractivity contribution in [2.75, 3.05) is 17.2 Å². The normalized spacial score (nSPS) is 23.3. The number of nitrogen functional groups attached to an aromatic ring is 1. The summed E-state index contributed by atoms with van der Waals surface area (Å²) >= 11 is 3.82. The Balaban J connectivity index is 2.37. The molecule has 1 fully saturated rings. The van der Waals surface area contributed by atoms with Crippen molar-refractivity contribution in [1.82, 2.24) is 9.97 Å². The molecule has 1 saturated heterocycles. The molecule has 2 atom stereocenters. The summed E-state index contributed by atoms with van der Waals surface area (Å²) in [5.41, 5.74) is 11.9. The second-order valence-corrected chi connectivity index (χ2v) is 7.00. The average Bonchev–Trinajstić information content (AvgIpc) is 2.37. The SMILES string of the molecule is CCC1SCCSC1c1nc(C)c(C(N)=O)c(N)n1. The molecule has 1 aliphatic rings. The van der Waals surface area contributed by atoms with Crippen LogP contribution in [0.1, 0.15) is 40.5 Å². The van der Waals surface area contributed by atoms with Crippen LogP contribution in [-0.2, 0) is 0 Å². The van der Waals surface area contributed by atoms with Gasteiger partial charge in [0.2, 0.25) is 0 Å². The summed E-state index contributed by atoms with van der Waals surface area (Å²) in [4.78, 5) is 20.1. The molecular weight excluding hydrogens is 280 g/mol. The first-order chi connectivity index (χ1) is 9.04. The van der Waals surface area contributed by atoms with E-state index >= 15 is 0 Å². The summed E-state index contributed by atoms with van der Waals surface area (Å²) in [6.07, 6.45) is 1.07. The molecule has 4 N–H and O–H groups in total. The monoisotopic (exact) mass is 298 g/mol. The van der Waals surface area contributed by atoms with E-state index < -0.39 is 5.91 Å². The number of carbonyl (C=O) groups excluding carboxylic acids is 1. The lowest BCUT2D eigenvalue weighted by atomic mass is 10.2. The van der Waals surface area contributed by atoms with Crippen molar-refractivity contribution >= 4 is 35.2 Å². The standard InChI is InChI=1S/C12H18N4OS2/c1-3-7-9(19-5-4-18-7)12-15-6(2)8(11(14)17)10(13)16-12/h7,9H,3-5H2,1-2H3,(H2,14,17)(H2,13,15,16). The number of hydrogen-bond donors (Lipinski definition) is 2. The molecule has 0 spiro atoms. The summed E-state index contributed by atoms with van der Waals surface area (Å²) in [7, 11) is 0. The highest BCUT2D eigenvalue weighted by Gasteiger charge is 2.30. The summed E-state index contributed by atoms with van der Waals surface area (Å²) in [5, 5.41) is 0.739. The topological polar surface area (TPSA) is 94.9 Å². The minimum Gasteiger partial charge on any atom is -0.383 e. The molecule has 0 radical (unpaired) electrons. The van der Waals surface area contributed by atoms with Crippen molar-refractivity contribution in [3.63, 3.8) is 0 Å². The van der Waals surface area contributed by atoms with Gasteiger partial charge in [-0.25, -0.2) is 9.97 Å². The van der Waals surface area contributed by atoms with E-state index in [1.54, 1.807) is 6.92 Å². The van der Waals surface area contributed by atoms with Crippen LogP contribution in [0.15, 0.2) is 0 Å². The van der Waals surface area contributed by atoms with Gasteiger partial charge in [-0.2, -0.15) is 11.8 Å². The summed E-state index contributed by atoms with van der Waals surface area (Å²) in [6, 6.07) is 0. The number of hydrogen-bond acceptors (Lipinski definition) is 6. The highest BCUT2D eigenvalue weighted by molar-refractivity contribution is 8.06. The third-order valence-electron chi connectivity index (χ3n) is 3.09. The molecule has 1 aromatic rings. The largest absolute Gasteiger partial charge is 0.383 e. The predicted octanol–water partition coefficient (Wildman–Crippen LogP) is 1.77. The summed E-state index contributed by atoms with van der Waals surface area (Å²) in [5.74, 6) is 2.60. The molecule has 0 aromatic carbocycles. The van der Waals surface area contributed by atoms with Gasteiger partial charge in [0.1, 0.15) is 17.2 Å². The maximum absolute atomic E-state index is 11.3. The molecule has 0 aliphatic carbocycles. The molecule has 1 amide bonds. The number of primary amides is 1. The van der Waals surface area contributed by atoms with Crippen LogP contribution in [0.5, 0.6) is 0 Å². The minimum atomic E-state index is -0.570. The van der Waals surface area contributed by atoms with Crippen LogP contribution in [0.25, 0.3) is 0 Å². The van der Waals surface area contributed by atoms with Crippen molar-refractivity contribution in [2.45, 2.75) is 30.8 Å². The molecule has 0 saturated carbocycles. The molecule has 0 bridgehead atoms. The van der Waals surface area contributed by atoms with E-state index in [4.69, 9.17) is 11.5 Å². The first kappa shape index (κ1) is 14.5. The molecule has 5 nitrogen and oxygen atoms in total. The number of amides is 1. The maximum Gasteiger partial charge on any atom is 0.254 e. The number of nitrogens with two attached hydrogens (primary N) is 2. The average molecular weight is 298 g/mol. The first-order valence-corrected chi connectivity index (χ1v) is 8.31. The van der Waals surface area contributed by atoms with Crippen LogP contribution in [0.2, 0.25) is 0 Å². The zero-order valence-corrected chi connectivity index (χ0v) is 12.7. The highest BCUT2D eigenvalue weighted by atomic mass is 32.2. The smallest absolute Gasteiger partial charge is 0.254 e. The van der Waals surface area contributed by atoms with Gasteiger partial charge in [-0.15, -0.1) is 11.8 Å². The van der Waals surface area contributed by atoms with Crippen LogP contribution in [0, 0.1) is 6.92 Å². The number of rotatable bonds is 3. The fourth-order valence-corrected chi connectivity index (χ4v) is 5.18. The molecule has 1 aliphatic heterocycles. The summed E-state index contributed by atoms with van der Waals surface area (Å²) in [6.45, 7) is 3.92. The van der Waals surface area contributed by atoms with E-state index in [2.05, 4.69) is 16.9 Å². The van der Waals surface area contributed by atoms with Crippen LogP contribution < -0.4 is 11.5 Å². The molecule has 19 heavy (non-hydrogen) atoms. The van der Waals surface area contributed by atoms with Crippen LogP contribution in [0.3, 0.4) is 0 Å². The van der Waals surface area contributed by atoms with E-state index in [0.717, 1.165) is 23.8 Å². The van der Waals surface area contributed by atoms with E-state index in [1.807, 2.05) is 23.5 Å². The lowest BCUT2D eigenvalue weighted by Crippen LogP contribution is -2.23. The van der Waals surface area contributed by atoms with E-state index in [0.29, 0.717) is 10.9 Å². The number of carbonyl (C=O) groups is 1. The zero-order chi connectivity index (χ0) is 14.0. The van der Waals surface area contributed by atoms with Crippen molar-refractivity contribution in [3.8, 4) is 0 Å². The van der Waals surface area contributed by atoms with Gasteiger partial charge in [0.05, 0.1) is 10.9 Å². The Morgan fingerprint density at radius 3 is 2.63 bits per heavy atom. The van der Waals surface area contributed by atoms with Crippen LogP contribution in [0.4, 0.5) is 5.82 Å². The molecule has 7 heteroatoms. The second-order valence-electron chi connectivity index (χ2n) is 4.40. The van der Waals surface area contributed by atoms with Crippen molar-refractivity contribution < 1.29 is 4.79 Å². The predicted molar refractivity (Wildman–Crippen MR) is 81.4 cm³/mol. The Kier molecular flexibility index (Phi) is 4.57. The molecule has 2 unspecified atom stereocenters.